The molecule has 0 aliphatic heterocycles. The fourth-order valence-corrected chi connectivity index (χ4v) is 1.81. The van der Waals surface area contributed by atoms with Crippen LogP contribution in [0.15, 0.2) is 18.2 Å². The van der Waals surface area contributed by atoms with Crippen molar-refractivity contribution in [2.75, 3.05) is 19.6 Å². The van der Waals surface area contributed by atoms with Crippen molar-refractivity contribution in [1.29, 1.82) is 0 Å². The Labute approximate surface area is 108 Å². The molecule has 0 bridgehead atoms. The summed E-state index contributed by atoms with van der Waals surface area (Å²) in [4.78, 5) is 14.0. The molecular formula is C14H21FN2O. The molecule has 0 radical (unpaired) electrons. The third-order valence-corrected chi connectivity index (χ3v) is 2.90. The van der Waals surface area contributed by atoms with E-state index in [1.165, 1.54) is 12.1 Å². The first-order valence-corrected chi connectivity index (χ1v) is 6.35. The molecule has 1 amide bonds. The van der Waals surface area contributed by atoms with E-state index in [0.717, 1.165) is 18.4 Å². The van der Waals surface area contributed by atoms with Crippen LogP contribution in [0.1, 0.15) is 35.7 Å². The Hall–Kier alpha value is -1.42. The Morgan fingerprint density at radius 3 is 2.72 bits per heavy atom. The first kappa shape index (κ1) is 14.6. The molecule has 2 N–H and O–H groups in total. The molecule has 0 aromatic heterocycles. The summed E-state index contributed by atoms with van der Waals surface area (Å²) in [5.74, 6) is -0.516. The van der Waals surface area contributed by atoms with Gasteiger partial charge in [0.1, 0.15) is 5.82 Å². The second-order valence-corrected chi connectivity index (χ2v) is 4.39. The maximum Gasteiger partial charge on any atom is 0.254 e. The van der Waals surface area contributed by atoms with Crippen LogP contribution in [0.5, 0.6) is 0 Å². The minimum absolute atomic E-state index is 0.133. The van der Waals surface area contributed by atoms with E-state index in [-0.39, 0.29) is 11.7 Å². The fourth-order valence-electron chi connectivity index (χ4n) is 1.81. The molecule has 18 heavy (non-hydrogen) atoms. The number of rotatable bonds is 6. The second kappa shape index (κ2) is 7.11. The van der Waals surface area contributed by atoms with Gasteiger partial charge in [-0.15, -0.1) is 0 Å². The van der Waals surface area contributed by atoms with Gasteiger partial charge in [0.05, 0.1) is 0 Å². The lowest BCUT2D eigenvalue weighted by molar-refractivity contribution is 0.0757. The molecule has 1 aromatic rings. The molecule has 3 nitrogen and oxygen atoms in total. The quantitative estimate of drug-likeness (QED) is 0.844. The van der Waals surface area contributed by atoms with Crippen LogP contribution in [0.2, 0.25) is 0 Å². The highest BCUT2D eigenvalue weighted by Crippen LogP contribution is 2.13. The predicted molar refractivity (Wildman–Crippen MR) is 71.0 cm³/mol. The molecule has 1 rings (SSSR count). The summed E-state index contributed by atoms with van der Waals surface area (Å²) in [6.07, 6.45) is 1.94. The number of carbonyl (C=O) groups excluding carboxylic acids is 1. The van der Waals surface area contributed by atoms with Crippen LogP contribution in [-0.2, 0) is 0 Å². The molecule has 0 saturated carbocycles. The van der Waals surface area contributed by atoms with Crippen molar-refractivity contribution in [1.82, 2.24) is 4.90 Å². The van der Waals surface area contributed by atoms with E-state index < -0.39 is 0 Å². The minimum atomic E-state index is -0.382. The molecule has 0 aliphatic rings. The zero-order valence-electron chi connectivity index (χ0n) is 11.1. The smallest absolute Gasteiger partial charge is 0.254 e. The molecule has 0 heterocycles. The summed E-state index contributed by atoms with van der Waals surface area (Å²) in [6.45, 7) is 5.48. The minimum Gasteiger partial charge on any atom is -0.337 e. The van der Waals surface area contributed by atoms with Gasteiger partial charge in [0.2, 0.25) is 0 Å². The van der Waals surface area contributed by atoms with Gasteiger partial charge in [-0.05, 0) is 31.0 Å². The molecule has 0 fully saturated rings. The lowest BCUT2D eigenvalue weighted by Gasteiger charge is -2.22. The average Bonchev–Trinajstić information content (AvgIpc) is 2.36. The van der Waals surface area contributed by atoms with E-state index >= 15 is 0 Å². The number of nitrogens with zero attached hydrogens (tertiary/aromatic N) is 1. The Balaban J connectivity index is 2.90. The van der Waals surface area contributed by atoms with Gasteiger partial charge in [0, 0.05) is 25.2 Å². The number of carbonyl (C=O) groups is 1. The summed E-state index contributed by atoms with van der Waals surface area (Å²) < 4.78 is 13.2. The largest absolute Gasteiger partial charge is 0.337 e. The van der Waals surface area contributed by atoms with Crippen molar-refractivity contribution < 1.29 is 9.18 Å². The van der Waals surface area contributed by atoms with Crippen molar-refractivity contribution in [2.45, 2.75) is 26.7 Å². The van der Waals surface area contributed by atoms with E-state index in [9.17, 15) is 9.18 Å². The standard InChI is InChI=1S/C14H21FN2O/c1-3-4-8-17(9-7-16)14(18)13-10-12(15)6-5-11(13)2/h5-6,10H,3-4,7-9,16H2,1-2H3. The van der Waals surface area contributed by atoms with Crippen LogP contribution >= 0.6 is 0 Å². The van der Waals surface area contributed by atoms with E-state index in [1.54, 1.807) is 11.0 Å². The number of nitrogens with two attached hydrogens (primary N) is 1. The fraction of sp³-hybridized carbons (Fsp3) is 0.500. The Morgan fingerprint density at radius 1 is 1.39 bits per heavy atom. The summed E-state index contributed by atoms with van der Waals surface area (Å²) in [5.41, 5.74) is 6.74. The van der Waals surface area contributed by atoms with Gasteiger partial charge in [-0.1, -0.05) is 19.4 Å². The first-order chi connectivity index (χ1) is 8.60. The maximum atomic E-state index is 13.2. The lowest BCUT2D eigenvalue weighted by Crippen LogP contribution is -2.36. The number of hydrogen-bond donors (Lipinski definition) is 1. The molecule has 0 unspecified atom stereocenters. The van der Waals surface area contributed by atoms with Crippen LogP contribution in [0.25, 0.3) is 0 Å². The van der Waals surface area contributed by atoms with E-state index in [1.807, 2.05) is 6.92 Å². The van der Waals surface area contributed by atoms with E-state index in [0.29, 0.717) is 25.2 Å². The molecule has 0 spiro atoms. The van der Waals surface area contributed by atoms with Gasteiger partial charge in [0.25, 0.3) is 5.91 Å². The summed E-state index contributed by atoms with van der Waals surface area (Å²) in [6, 6.07) is 4.29. The SMILES string of the molecule is CCCCN(CCN)C(=O)c1cc(F)ccc1C. The highest BCUT2D eigenvalue weighted by molar-refractivity contribution is 5.95. The molecule has 0 saturated heterocycles. The molecule has 0 atom stereocenters. The normalized spacial score (nSPS) is 10.4. The lowest BCUT2D eigenvalue weighted by atomic mass is 10.1. The summed E-state index contributed by atoms with van der Waals surface area (Å²) >= 11 is 0. The van der Waals surface area contributed by atoms with E-state index in [4.69, 9.17) is 5.73 Å². The Bertz CT molecular complexity index is 407. The van der Waals surface area contributed by atoms with Crippen molar-refractivity contribution in [3.8, 4) is 0 Å². The highest BCUT2D eigenvalue weighted by Gasteiger charge is 2.17. The number of benzene rings is 1. The van der Waals surface area contributed by atoms with Crippen molar-refractivity contribution >= 4 is 5.91 Å². The van der Waals surface area contributed by atoms with Crippen molar-refractivity contribution in [3.63, 3.8) is 0 Å². The van der Waals surface area contributed by atoms with E-state index in [2.05, 4.69) is 6.92 Å². The Kier molecular flexibility index (Phi) is 5.78. The van der Waals surface area contributed by atoms with Crippen LogP contribution < -0.4 is 5.73 Å². The third kappa shape index (κ3) is 3.81. The zero-order valence-corrected chi connectivity index (χ0v) is 11.1. The van der Waals surface area contributed by atoms with Gasteiger partial charge in [-0.2, -0.15) is 0 Å². The zero-order chi connectivity index (χ0) is 13.5. The number of unbranched alkanes of at least 4 members (excludes halogenated alkanes) is 1. The monoisotopic (exact) mass is 252 g/mol. The highest BCUT2D eigenvalue weighted by atomic mass is 19.1. The number of hydrogen-bond acceptors (Lipinski definition) is 2. The first-order valence-electron chi connectivity index (χ1n) is 6.35. The number of amides is 1. The van der Waals surface area contributed by atoms with Crippen LogP contribution in [0.3, 0.4) is 0 Å². The number of aryl methyl sites for hydroxylation is 1. The molecule has 4 heteroatoms. The van der Waals surface area contributed by atoms with Crippen LogP contribution in [0, 0.1) is 12.7 Å². The van der Waals surface area contributed by atoms with Gasteiger partial charge < -0.3 is 10.6 Å². The second-order valence-electron chi connectivity index (χ2n) is 4.39. The van der Waals surface area contributed by atoms with Gasteiger partial charge in [0.15, 0.2) is 0 Å². The summed E-state index contributed by atoms with van der Waals surface area (Å²) in [5, 5.41) is 0. The Morgan fingerprint density at radius 2 is 2.11 bits per heavy atom. The third-order valence-electron chi connectivity index (χ3n) is 2.90. The molecule has 100 valence electrons. The van der Waals surface area contributed by atoms with Crippen LogP contribution in [0.4, 0.5) is 4.39 Å². The average molecular weight is 252 g/mol. The van der Waals surface area contributed by atoms with Crippen LogP contribution in [-0.4, -0.2) is 30.4 Å². The topological polar surface area (TPSA) is 46.3 Å². The molecule has 0 aliphatic carbocycles. The van der Waals surface area contributed by atoms with Gasteiger partial charge in [-0.3, -0.25) is 4.79 Å². The van der Waals surface area contributed by atoms with Gasteiger partial charge >= 0.3 is 0 Å². The van der Waals surface area contributed by atoms with Crippen molar-refractivity contribution in [3.05, 3.63) is 35.1 Å². The molecule has 1 aromatic carbocycles. The predicted octanol–water partition coefficient (Wildman–Crippen LogP) is 2.34. The van der Waals surface area contributed by atoms with Gasteiger partial charge in [-0.25, -0.2) is 4.39 Å². The number of halogens is 1. The molecular weight excluding hydrogens is 231 g/mol. The summed E-state index contributed by atoms with van der Waals surface area (Å²) in [7, 11) is 0. The van der Waals surface area contributed by atoms with Crippen molar-refractivity contribution in [2.24, 2.45) is 5.73 Å². The maximum absolute atomic E-state index is 13.2.